The summed E-state index contributed by atoms with van der Waals surface area (Å²) < 4.78 is 32.2. The normalized spacial score (nSPS) is 15.0. The average molecular weight is 434 g/mol. The number of rotatable bonds is 6. The van der Waals surface area contributed by atoms with Crippen molar-refractivity contribution < 1.29 is 22.4 Å². The van der Waals surface area contributed by atoms with Crippen molar-refractivity contribution in [2.75, 3.05) is 13.1 Å². The molecule has 2 amide bonds. The van der Waals surface area contributed by atoms with E-state index in [-0.39, 0.29) is 17.2 Å². The van der Waals surface area contributed by atoms with Gasteiger partial charge >= 0.3 is 0 Å². The second kappa shape index (κ2) is 9.44. The van der Waals surface area contributed by atoms with E-state index in [1.807, 2.05) is 0 Å². The average Bonchev–Trinajstić information content (AvgIpc) is 3.09. The molecule has 162 valence electrons. The Morgan fingerprint density at radius 3 is 2.30 bits per heavy atom. The Balaban J connectivity index is 1.49. The van der Waals surface area contributed by atoms with Crippen molar-refractivity contribution in [1.82, 2.24) is 15.2 Å². The SMILES string of the molecule is Cc1cc(C(=O)NNC(=O)CCc2ccc(S(=O)(=O)N3CCCCC3)cc2)c(C)o1. The Morgan fingerprint density at radius 2 is 1.70 bits per heavy atom. The molecule has 2 aromatic rings. The van der Waals surface area contributed by atoms with Crippen molar-refractivity contribution >= 4 is 21.8 Å². The van der Waals surface area contributed by atoms with Gasteiger partial charge in [0.05, 0.1) is 10.5 Å². The lowest BCUT2D eigenvalue weighted by Gasteiger charge is -2.25. The van der Waals surface area contributed by atoms with Gasteiger partial charge < -0.3 is 4.42 Å². The molecule has 0 radical (unpaired) electrons. The van der Waals surface area contributed by atoms with Gasteiger partial charge in [-0.1, -0.05) is 18.6 Å². The lowest BCUT2D eigenvalue weighted by atomic mass is 10.1. The molecule has 9 heteroatoms. The molecule has 1 aromatic heterocycles. The molecule has 1 fully saturated rings. The highest BCUT2D eigenvalue weighted by Crippen LogP contribution is 2.21. The topological polar surface area (TPSA) is 109 Å². The van der Waals surface area contributed by atoms with Crippen LogP contribution >= 0.6 is 0 Å². The number of furan rings is 1. The summed E-state index contributed by atoms with van der Waals surface area (Å²) in [6, 6.07) is 8.23. The first-order valence-corrected chi connectivity index (χ1v) is 11.5. The highest BCUT2D eigenvalue weighted by molar-refractivity contribution is 7.89. The largest absolute Gasteiger partial charge is 0.466 e. The molecule has 1 aromatic carbocycles. The molecule has 0 atom stereocenters. The maximum atomic E-state index is 12.7. The minimum Gasteiger partial charge on any atom is -0.466 e. The standard InChI is InChI=1S/C21H27N3O5S/c1-15-14-19(16(2)29-15)21(26)23-22-20(25)11-8-17-6-9-18(10-7-17)30(27,28)24-12-4-3-5-13-24/h6-7,9-10,14H,3-5,8,11-13H2,1-2H3,(H,22,25)(H,23,26). The third-order valence-corrected chi connectivity index (χ3v) is 7.03. The van der Waals surface area contributed by atoms with Crippen molar-refractivity contribution in [2.45, 2.75) is 50.8 Å². The molecule has 0 aliphatic carbocycles. The van der Waals surface area contributed by atoms with E-state index in [0.717, 1.165) is 24.8 Å². The third-order valence-electron chi connectivity index (χ3n) is 5.12. The van der Waals surface area contributed by atoms with Crippen LogP contribution in [0.2, 0.25) is 0 Å². The first kappa shape index (κ1) is 22.0. The fourth-order valence-electron chi connectivity index (χ4n) is 3.45. The van der Waals surface area contributed by atoms with Gasteiger partial charge in [0.1, 0.15) is 11.5 Å². The fraction of sp³-hybridized carbons (Fsp3) is 0.429. The molecule has 1 aliphatic heterocycles. The minimum atomic E-state index is -3.46. The Morgan fingerprint density at radius 1 is 1.03 bits per heavy atom. The Labute approximate surface area is 176 Å². The molecule has 3 rings (SSSR count). The highest BCUT2D eigenvalue weighted by Gasteiger charge is 2.25. The summed E-state index contributed by atoms with van der Waals surface area (Å²) in [6.07, 6.45) is 3.43. The number of hydrogen-bond donors (Lipinski definition) is 2. The van der Waals surface area contributed by atoms with E-state index in [1.165, 1.54) is 4.31 Å². The van der Waals surface area contributed by atoms with E-state index < -0.39 is 15.9 Å². The predicted octanol–water partition coefficient (Wildman–Crippen LogP) is 2.46. The number of hydrazine groups is 1. The molecule has 1 aliphatic rings. The zero-order chi connectivity index (χ0) is 21.7. The van der Waals surface area contributed by atoms with Gasteiger partial charge in [0.2, 0.25) is 15.9 Å². The van der Waals surface area contributed by atoms with E-state index in [0.29, 0.717) is 36.6 Å². The van der Waals surface area contributed by atoms with Gasteiger partial charge in [-0.3, -0.25) is 20.4 Å². The molecule has 8 nitrogen and oxygen atoms in total. The quantitative estimate of drug-likeness (QED) is 0.681. The van der Waals surface area contributed by atoms with Crippen molar-refractivity contribution in [2.24, 2.45) is 0 Å². The smallest absolute Gasteiger partial charge is 0.273 e. The summed E-state index contributed by atoms with van der Waals surface area (Å²) in [6.45, 7) is 4.55. The first-order chi connectivity index (χ1) is 14.3. The summed E-state index contributed by atoms with van der Waals surface area (Å²) >= 11 is 0. The summed E-state index contributed by atoms with van der Waals surface area (Å²) in [5, 5.41) is 0. The van der Waals surface area contributed by atoms with Gasteiger partial charge in [-0.2, -0.15) is 4.31 Å². The van der Waals surface area contributed by atoms with Crippen LogP contribution in [0.4, 0.5) is 0 Å². The molecule has 1 saturated heterocycles. The molecular formula is C21H27N3O5S. The Kier molecular flexibility index (Phi) is 6.94. The van der Waals surface area contributed by atoms with Crippen molar-refractivity contribution in [3.63, 3.8) is 0 Å². The summed E-state index contributed by atoms with van der Waals surface area (Å²) in [7, 11) is -3.46. The van der Waals surface area contributed by atoms with Gasteiger partial charge in [0, 0.05) is 19.5 Å². The molecule has 2 N–H and O–H groups in total. The van der Waals surface area contributed by atoms with Gasteiger partial charge in [0.15, 0.2) is 0 Å². The number of aryl methyl sites for hydroxylation is 3. The number of nitrogens with one attached hydrogen (secondary N) is 2. The first-order valence-electron chi connectivity index (χ1n) is 10.0. The zero-order valence-electron chi connectivity index (χ0n) is 17.2. The summed E-state index contributed by atoms with van der Waals surface area (Å²) in [4.78, 5) is 24.4. The van der Waals surface area contributed by atoms with Gasteiger partial charge in [-0.15, -0.1) is 0 Å². The Hall–Kier alpha value is -2.65. The summed E-state index contributed by atoms with van der Waals surface area (Å²) in [5.74, 6) is 0.324. The highest BCUT2D eigenvalue weighted by atomic mass is 32.2. The van der Waals surface area contributed by atoms with Crippen molar-refractivity contribution in [3.05, 3.63) is 53.0 Å². The van der Waals surface area contributed by atoms with Crippen LogP contribution < -0.4 is 10.9 Å². The van der Waals surface area contributed by atoms with Crippen LogP contribution in [0.1, 0.15) is 53.1 Å². The van der Waals surface area contributed by atoms with E-state index in [2.05, 4.69) is 10.9 Å². The number of benzene rings is 1. The number of carbonyl (C=O) groups is 2. The zero-order valence-corrected chi connectivity index (χ0v) is 18.0. The van der Waals surface area contributed by atoms with Gasteiger partial charge in [0.25, 0.3) is 5.91 Å². The minimum absolute atomic E-state index is 0.155. The van der Waals surface area contributed by atoms with Gasteiger partial charge in [-0.05, 0) is 56.9 Å². The lowest BCUT2D eigenvalue weighted by molar-refractivity contribution is -0.121. The van der Waals surface area contributed by atoms with Crippen LogP contribution in [-0.4, -0.2) is 37.6 Å². The van der Waals surface area contributed by atoms with Gasteiger partial charge in [-0.25, -0.2) is 8.42 Å². The Bertz CT molecular complexity index is 1010. The molecule has 0 spiro atoms. The number of sulfonamides is 1. The second-order valence-corrected chi connectivity index (χ2v) is 9.38. The number of hydrogen-bond acceptors (Lipinski definition) is 5. The van der Waals surface area contributed by atoms with Crippen LogP contribution in [-0.2, 0) is 21.2 Å². The fourth-order valence-corrected chi connectivity index (χ4v) is 4.97. The van der Waals surface area contributed by atoms with Crippen LogP contribution in [0.5, 0.6) is 0 Å². The number of carbonyl (C=O) groups excluding carboxylic acids is 2. The number of piperidine rings is 1. The van der Waals surface area contributed by atoms with E-state index in [1.54, 1.807) is 44.2 Å². The van der Waals surface area contributed by atoms with E-state index >= 15 is 0 Å². The van der Waals surface area contributed by atoms with Crippen LogP contribution in [0, 0.1) is 13.8 Å². The van der Waals surface area contributed by atoms with Crippen molar-refractivity contribution in [3.8, 4) is 0 Å². The third kappa shape index (κ3) is 5.28. The van der Waals surface area contributed by atoms with Crippen LogP contribution in [0.3, 0.4) is 0 Å². The van der Waals surface area contributed by atoms with Crippen LogP contribution in [0.15, 0.2) is 39.6 Å². The lowest BCUT2D eigenvalue weighted by Crippen LogP contribution is -2.41. The van der Waals surface area contributed by atoms with Crippen LogP contribution in [0.25, 0.3) is 0 Å². The monoisotopic (exact) mass is 433 g/mol. The molecule has 30 heavy (non-hydrogen) atoms. The van der Waals surface area contributed by atoms with E-state index in [4.69, 9.17) is 4.42 Å². The predicted molar refractivity (Wildman–Crippen MR) is 111 cm³/mol. The molecule has 2 heterocycles. The molecule has 0 saturated carbocycles. The second-order valence-electron chi connectivity index (χ2n) is 7.44. The van der Waals surface area contributed by atoms with Crippen molar-refractivity contribution in [1.29, 1.82) is 0 Å². The molecule has 0 unspecified atom stereocenters. The maximum Gasteiger partial charge on any atom is 0.273 e. The number of nitrogens with zero attached hydrogens (tertiary/aromatic N) is 1. The summed E-state index contributed by atoms with van der Waals surface area (Å²) in [5.41, 5.74) is 5.97. The molecular weight excluding hydrogens is 406 g/mol. The van der Waals surface area contributed by atoms with E-state index in [9.17, 15) is 18.0 Å². The number of amides is 2. The molecule has 0 bridgehead atoms. The maximum absolute atomic E-state index is 12.7.